The molecule has 0 radical (unpaired) electrons. The van der Waals surface area contributed by atoms with Gasteiger partial charge < -0.3 is 19.9 Å². The normalized spacial score (nSPS) is 20.3. The first-order chi connectivity index (χ1) is 9.08. The SMILES string of the molecule is CC(Cn1ccnc1)NC(=O)N1CSCC1C(=O)O. The molecule has 0 spiro atoms. The summed E-state index contributed by atoms with van der Waals surface area (Å²) < 4.78 is 1.86. The van der Waals surface area contributed by atoms with E-state index in [2.05, 4.69) is 10.3 Å². The van der Waals surface area contributed by atoms with Gasteiger partial charge in [-0.05, 0) is 6.92 Å². The Morgan fingerprint density at radius 3 is 3.05 bits per heavy atom. The van der Waals surface area contributed by atoms with Gasteiger partial charge in [-0.25, -0.2) is 14.6 Å². The van der Waals surface area contributed by atoms with Crippen LogP contribution >= 0.6 is 11.8 Å². The van der Waals surface area contributed by atoms with E-state index in [4.69, 9.17) is 5.11 Å². The average Bonchev–Trinajstić information content (AvgIpc) is 2.97. The smallest absolute Gasteiger partial charge is 0.327 e. The number of nitrogens with zero attached hydrogens (tertiary/aromatic N) is 3. The zero-order valence-electron chi connectivity index (χ0n) is 10.5. The van der Waals surface area contributed by atoms with Gasteiger partial charge in [0.25, 0.3) is 0 Å². The summed E-state index contributed by atoms with van der Waals surface area (Å²) >= 11 is 1.45. The fourth-order valence-electron chi connectivity index (χ4n) is 1.90. The van der Waals surface area contributed by atoms with Crippen molar-refractivity contribution in [1.29, 1.82) is 0 Å². The monoisotopic (exact) mass is 284 g/mol. The van der Waals surface area contributed by atoms with Crippen molar-refractivity contribution in [3.05, 3.63) is 18.7 Å². The van der Waals surface area contributed by atoms with Gasteiger partial charge in [-0.15, -0.1) is 11.8 Å². The van der Waals surface area contributed by atoms with Gasteiger partial charge in [0.1, 0.15) is 6.04 Å². The molecule has 0 bridgehead atoms. The maximum absolute atomic E-state index is 12.0. The Morgan fingerprint density at radius 1 is 1.63 bits per heavy atom. The minimum absolute atomic E-state index is 0.0956. The zero-order valence-corrected chi connectivity index (χ0v) is 11.3. The highest BCUT2D eigenvalue weighted by Crippen LogP contribution is 2.20. The fourth-order valence-corrected chi connectivity index (χ4v) is 3.04. The van der Waals surface area contributed by atoms with E-state index in [-0.39, 0.29) is 12.1 Å². The van der Waals surface area contributed by atoms with E-state index in [1.54, 1.807) is 12.5 Å². The Kier molecular flexibility index (Phi) is 4.31. The van der Waals surface area contributed by atoms with Crippen molar-refractivity contribution in [2.75, 3.05) is 11.6 Å². The highest BCUT2D eigenvalue weighted by molar-refractivity contribution is 7.99. The van der Waals surface area contributed by atoms with Crippen molar-refractivity contribution >= 4 is 23.8 Å². The summed E-state index contributed by atoms with van der Waals surface area (Å²) in [6.07, 6.45) is 5.16. The van der Waals surface area contributed by atoms with E-state index < -0.39 is 12.0 Å². The quantitative estimate of drug-likeness (QED) is 0.837. The maximum atomic E-state index is 12.0. The number of aliphatic carboxylic acids is 1. The lowest BCUT2D eigenvalue weighted by atomic mass is 10.3. The van der Waals surface area contributed by atoms with Crippen LogP contribution in [0.3, 0.4) is 0 Å². The van der Waals surface area contributed by atoms with E-state index in [0.717, 1.165) is 0 Å². The number of amides is 2. The molecule has 2 amide bonds. The van der Waals surface area contributed by atoms with Crippen molar-refractivity contribution in [2.45, 2.75) is 25.6 Å². The Bertz CT molecular complexity index is 451. The number of imidazole rings is 1. The molecule has 19 heavy (non-hydrogen) atoms. The molecule has 104 valence electrons. The van der Waals surface area contributed by atoms with Gasteiger partial charge in [0, 0.05) is 30.7 Å². The first-order valence-corrected chi connectivity index (χ1v) is 7.07. The molecular weight excluding hydrogens is 268 g/mol. The molecule has 0 aliphatic carbocycles. The molecule has 2 rings (SSSR count). The molecule has 1 aliphatic heterocycles. The second kappa shape index (κ2) is 5.96. The summed E-state index contributed by atoms with van der Waals surface area (Å²) in [6, 6.07) is -1.16. The van der Waals surface area contributed by atoms with Crippen LogP contribution in [0.2, 0.25) is 0 Å². The van der Waals surface area contributed by atoms with Gasteiger partial charge >= 0.3 is 12.0 Å². The highest BCUT2D eigenvalue weighted by atomic mass is 32.2. The van der Waals surface area contributed by atoms with Crippen LogP contribution in [0.25, 0.3) is 0 Å². The van der Waals surface area contributed by atoms with E-state index in [1.165, 1.54) is 16.7 Å². The van der Waals surface area contributed by atoms with Gasteiger partial charge in [-0.3, -0.25) is 0 Å². The number of urea groups is 1. The lowest BCUT2D eigenvalue weighted by molar-refractivity contribution is -0.140. The largest absolute Gasteiger partial charge is 0.480 e. The molecule has 1 fully saturated rings. The number of nitrogens with one attached hydrogen (secondary N) is 1. The van der Waals surface area contributed by atoms with E-state index >= 15 is 0 Å². The lowest BCUT2D eigenvalue weighted by Crippen LogP contribution is -2.49. The summed E-state index contributed by atoms with van der Waals surface area (Å²) in [4.78, 5) is 28.3. The average molecular weight is 284 g/mol. The van der Waals surface area contributed by atoms with E-state index in [0.29, 0.717) is 18.2 Å². The van der Waals surface area contributed by atoms with Crippen LogP contribution in [0.1, 0.15) is 6.92 Å². The molecule has 1 aliphatic rings. The third-order valence-corrected chi connectivity index (χ3v) is 3.85. The number of carboxylic acids is 1. The Labute approximate surface area is 115 Å². The first kappa shape index (κ1) is 13.7. The summed E-state index contributed by atoms with van der Waals surface area (Å²) in [5, 5.41) is 11.8. The predicted molar refractivity (Wildman–Crippen MR) is 70.8 cm³/mol. The third kappa shape index (κ3) is 3.40. The minimum atomic E-state index is -0.956. The third-order valence-electron chi connectivity index (χ3n) is 2.84. The number of hydrogen-bond donors (Lipinski definition) is 2. The molecule has 0 saturated carbocycles. The van der Waals surface area contributed by atoms with Gasteiger partial charge in [0.2, 0.25) is 0 Å². The Hall–Kier alpha value is -1.70. The van der Waals surface area contributed by atoms with Crippen LogP contribution in [0.15, 0.2) is 18.7 Å². The molecule has 1 aromatic heterocycles. The number of carbonyl (C=O) groups is 2. The molecule has 1 aromatic rings. The molecule has 2 atom stereocenters. The van der Waals surface area contributed by atoms with Crippen LogP contribution in [-0.2, 0) is 11.3 Å². The van der Waals surface area contributed by atoms with Gasteiger partial charge in [-0.1, -0.05) is 0 Å². The van der Waals surface area contributed by atoms with Crippen molar-refractivity contribution < 1.29 is 14.7 Å². The van der Waals surface area contributed by atoms with Crippen molar-refractivity contribution in [3.8, 4) is 0 Å². The second-order valence-corrected chi connectivity index (χ2v) is 5.43. The van der Waals surface area contributed by atoms with Crippen LogP contribution in [0.5, 0.6) is 0 Å². The number of aromatic nitrogens is 2. The summed E-state index contributed by atoms with van der Waals surface area (Å²) in [7, 11) is 0. The zero-order chi connectivity index (χ0) is 13.8. The van der Waals surface area contributed by atoms with Crippen LogP contribution < -0.4 is 5.32 Å². The Morgan fingerprint density at radius 2 is 2.42 bits per heavy atom. The molecule has 2 unspecified atom stereocenters. The highest BCUT2D eigenvalue weighted by Gasteiger charge is 2.34. The number of carboxylic acid groups (broad SMARTS) is 1. The molecular formula is C11H16N4O3S. The number of carbonyl (C=O) groups excluding carboxylic acids is 1. The number of rotatable bonds is 4. The van der Waals surface area contributed by atoms with Crippen molar-refractivity contribution in [1.82, 2.24) is 19.8 Å². The Balaban J connectivity index is 1.88. The van der Waals surface area contributed by atoms with Gasteiger partial charge in [-0.2, -0.15) is 0 Å². The predicted octanol–water partition coefficient (Wildman–Crippen LogP) is 0.441. The van der Waals surface area contributed by atoms with Gasteiger partial charge in [0.15, 0.2) is 0 Å². The molecule has 0 aromatic carbocycles. The summed E-state index contributed by atoms with van der Waals surface area (Å²) in [6.45, 7) is 2.47. The fraction of sp³-hybridized carbons (Fsp3) is 0.545. The molecule has 8 heteroatoms. The van der Waals surface area contributed by atoms with Crippen LogP contribution in [0.4, 0.5) is 4.79 Å². The first-order valence-electron chi connectivity index (χ1n) is 5.91. The summed E-state index contributed by atoms with van der Waals surface area (Å²) in [5.74, 6) is -0.0957. The number of thioether (sulfide) groups is 1. The molecule has 2 heterocycles. The second-order valence-electron chi connectivity index (χ2n) is 4.43. The van der Waals surface area contributed by atoms with Crippen molar-refractivity contribution in [2.24, 2.45) is 0 Å². The van der Waals surface area contributed by atoms with E-state index in [9.17, 15) is 9.59 Å². The lowest BCUT2D eigenvalue weighted by Gasteiger charge is -2.23. The van der Waals surface area contributed by atoms with Gasteiger partial charge in [0.05, 0.1) is 12.2 Å². The topological polar surface area (TPSA) is 87.5 Å². The molecule has 7 nitrogen and oxygen atoms in total. The molecule has 2 N–H and O–H groups in total. The maximum Gasteiger partial charge on any atom is 0.327 e. The standard InChI is InChI=1S/C11H16N4O3S/c1-8(4-14-3-2-12-6-14)13-11(18)15-7-19-5-9(15)10(16)17/h2-3,6,8-9H,4-5,7H2,1H3,(H,13,18)(H,16,17). The summed E-state index contributed by atoms with van der Waals surface area (Å²) in [5.41, 5.74) is 0. The number of hydrogen-bond acceptors (Lipinski definition) is 4. The minimum Gasteiger partial charge on any atom is -0.480 e. The van der Waals surface area contributed by atoms with Crippen LogP contribution in [0, 0.1) is 0 Å². The van der Waals surface area contributed by atoms with Crippen LogP contribution in [-0.4, -0.2) is 55.3 Å². The van der Waals surface area contributed by atoms with E-state index in [1.807, 2.05) is 17.7 Å². The molecule has 1 saturated heterocycles. The van der Waals surface area contributed by atoms with Crippen molar-refractivity contribution in [3.63, 3.8) is 0 Å².